The van der Waals surface area contributed by atoms with E-state index in [1.165, 1.54) is 6.20 Å². The predicted molar refractivity (Wildman–Crippen MR) is 106 cm³/mol. The van der Waals surface area contributed by atoms with E-state index in [0.717, 1.165) is 17.2 Å². The maximum absolute atomic E-state index is 10.8. The van der Waals surface area contributed by atoms with Gasteiger partial charge in [0.15, 0.2) is 0 Å². The molecule has 4 aromatic rings. The Kier molecular flexibility index (Phi) is 4.64. The molecule has 0 aliphatic rings. The molecule has 134 valence electrons. The summed E-state index contributed by atoms with van der Waals surface area (Å²) in [5.41, 5.74) is 1.83. The highest BCUT2D eigenvalue weighted by Crippen LogP contribution is 2.32. The normalized spacial score (nSPS) is 10.2. The lowest BCUT2D eigenvalue weighted by Crippen LogP contribution is -1.98. The van der Waals surface area contributed by atoms with Gasteiger partial charge < -0.3 is 10.1 Å². The first kappa shape index (κ1) is 17.2. The third kappa shape index (κ3) is 3.64. The minimum absolute atomic E-state index is 0.486. The summed E-state index contributed by atoms with van der Waals surface area (Å²) in [5.74, 6) is 2.38. The lowest BCUT2D eigenvalue weighted by atomic mass is 10.2. The lowest BCUT2D eigenvalue weighted by Gasteiger charge is -2.12. The van der Waals surface area contributed by atoms with E-state index >= 15 is 0 Å². The Hall–Kier alpha value is -4.24. The largest absolute Gasteiger partial charge is 0.457 e. The van der Waals surface area contributed by atoms with Crippen LogP contribution in [0.3, 0.4) is 0 Å². The molecule has 0 saturated heterocycles. The number of carbonyl (C=O) groups is 1. The van der Waals surface area contributed by atoms with Crippen LogP contribution < -0.4 is 10.1 Å². The summed E-state index contributed by atoms with van der Waals surface area (Å²) in [6, 6.07) is 21.8. The Morgan fingerprint density at radius 3 is 2.54 bits per heavy atom. The van der Waals surface area contributed by atoms with Crippen LogP contribution in [-0.2, 0) is 0 Å². The molecule has 0 aliphatic carbocycles. The number of nitrogens with zero attached hydrogens (tertiary/aromatic N) is 3. The molecule has 0 bridgehead atoms. The van der Waals surface area contributed by atoms with Gasteiger partial charge in [-0.05, 0) is 48.5 Å². The number of anilines is 2. The second-order valence-corrected chi connectivity index (χ2v) is 5.98. The number of fused-ring (bicyclic) bond motifs is 1. The molecule has 0 radical (unpaired) electrons. The molecule has 0 unspecified atom stereocenters. The van der Waals surface area contributed by atoms with Crippen molar-refractivity contribution in [2.75, 3.05) is 5.32 Å². The molecule has 2 aromatic heterocycles. The molecule has 4 rings (SSSR count). The van der Waals surface area contributed by atoms with Gasteiger partial charge in [0, 0.05) is 23.2 Å². The second kappa shape index (κ2) is 7.56. The average molecular weight is 366 g/mol. The van der Waals surface area contributed by atoms with Gasteiger partial charge >= 0.3 is 0 Å². The first-order valence-electron chi connectivity index (χ1n) is 8.51. The number of aromatic nitrogens is 2. The summed E-state index contributed by atoms with van der Waals surface area (Å²) >= 11 is 0. The van der Waals surface area contributed by atoms with Crippen molar-refractivity contribution in [3.05, 3.63) is 84.1 Å². The van der Waals surface area contributed by atoms with Gasteiger partial charge in [-0.2, -0.15) is 5.26 Å². The highest BCUT2D eigenvalue weighted by atomic mass is 16.5. The number of benzene rings is 2. The van der Waals surface area contributed by atoms with E-state index in [2.05, 4.69) is 15.3 Å². The van der Waals surface area contributed by atoms with Crippen LogP contribution in [0.1, 0.15) is 15.9 Å². The lowest BCUT2D eigenvalue weighted by molar-refractivity contribution is 0.112. The molecule has 2 aromatic carbocycles. The van der Waals surface area contributed by atoms with E-state index in [1.54, 1.807) is 42.5 Å². The summed E-state index contributed by atoms with van der Waals surface area (Å²) in [6.45, 7) is 0. The maximum Gasteiger partial charge on any atom is 0.150 e. The highest BCUT2D eigenvalue weighted by Gasteiger charge is 2.09. The average Bonchev–Trinajstić information content (AvgIpc) is 2.75. The van der Waals surface area contributed by atoms with Gasteiger partial charge in [-0.25, -0.2) is 9.97 Å². The number of hydrogen-bond donors (Lipinski definition) is 1. The number of carbonyl (C=O) groups excluding carboxylic acids is 1. The number of para-hydroxylation sites is 1. The van der Waals surface area contributed by atoms with Gasteiger partial charge in [0.2, 0.25) is 0 Å². The molecule has 2 heterocycles. The predicted octanol–water partition coefficient (Wildman–Crippen LogP) is 4.85. The van der Waals surface area contributed by atoms with Crippen molar-refractivity contribution in [2.24, 2.45) is 0 Å². The number of ether oxygens (including phenoxy) is 1. The SMILES string of the molecule is N#Cc1ccc(Nc2cc(Oc3ccc(C=O)cc3)c3ccccc3n2)nc1. The van der Waals surface area contributed by atoms with Crippen LogP contribution in [0.25, 0.3) is 10.9 Å². The van der Waals surface area contributed by atoms with Crippen LogP contribution in [0.2, 0.25) is 0 Å². The molecular formula is C22H14N4O2. The Morgan fingerprint density at radius 1 is 1.00 bits per heavy atom. The molecule has 0 saturated carbocycles. The van der Waals surface area contributed by atoms with E-state index in [9.17, 15) is 4.79 Å². The summed E-state index contributed by atoms with van der Waals surface area (Å²) in [5, 5.41) is 12.9. The van der Waals surface area contributed by atoms with Crippen molar-refractivity contribution in [3.63, 3.8) is 0 Å². The molecule has 0 atom stereocenters. The van der Waals surface area contributed by atoms with E-state index in [4.69, 9.17) is 10.00 Å². The fourth-order valence-electron chi connectivity index (χ4n) is 2.70. The zero-order valence-electron chi connectivity index (χ0n) is 14.7. The summed E-state index contributed by atoms with van der Waals surface area (Å²) in [7, 11) is 0. The summed E-state index contributed by atoms with van der Waals surface area (Å²) in [6.07, 6.45) is 2.29. The monoisotopic (exact) mass is 366 g/mol. The number of hydrogen-bond acceptors (Lipinski definition) is 6. The zero-order valence-corrected chi connectivity index (χ0v) is 14.7. The molecule has 28 heavy (non-hydrogen) atoms. The minimum atomic E-state index is 0.486. The van der Waals surface area contributed by atoms with E-state index in [-0.39, 0.29) is 0 Å². The van der Waals surface area contributed by atoms with Gasteiger partial charge in [0.1, 0.15) is 35.5 Å². The number of rotatable bonds is 5. The number of nitriles is 1. The van der Waals surface area contributed by atoms with Crippen LogP contribution in [0.15, 0.2) is 72.9 Å². The van der Waals surface area contributed by atoms with Crippen LogP contribution >= 0.6 is 0 Å². The van der Waals surface area contributed by atoms with Crippen molar-refractivity contribution in [1.82, 2.24) is 9.97 Å². The second-order valence-electron chi connectivity index (χ2n) is 5.98. The Balaban J connectivity index is 1.69. The minimum Gasteiger partial charge on any atom is -0.457 e. The number of pyridine rings is 2. The third-order valence-electron chi connectivity index (χ3n) is 4.07. The fourth-order valence-corrected chi connectivity index (χ4v) is 2.70. The smallest absolute Gasteiger partial charge is 0.150 e. The van der Waals surface area contributed by atoms with Crippen molar-refractivity contribution < 1.29 is 9.53 Å². The van der Waals surface area contributed by atoms with Crippen molar-refractivity contribution in [3.8, 4) is 17.6 Å². The van der Waals surface area contributed by atoms with Crippen LogP contribution in [0.4, 0.5) is 11.6 Å². The fraction of sp³-hybridized carbons (Fsp3) is 0. The molecule has 0 amide bonds. The van der Waals surface area contributed by atoms with Gasteiger partial charge in [0.05, 0.1) is 11.1 Å². The zero-order chi connectivity index (χ0) is 19.3. The molecule has 6 heteroatoms. The number of aldehydes is 1. The van der Waals surface area contributed by atoms with Crippen molar-refractivity contribution >= 4 is 28.8 Å². The summed E-state index contributed by atoms with van der Waals surface area (Å²) in [4.78, 5) is 19.6. The van der Waals surface area contributed by atoms with E-state index in [1.807, 2.05) is 30.3 Å². The molecule has 0 aliphatic heterocycles. The molecule has 0 fully saturated rings. The first-order chi connectivity index (χ1) is 13.7. The topological polar surface area (TPSA) is 87.9 Å². The Bertz CT molecular complexity index is 1180. The number of nitrogens with one attached hydrogen (secondary N) is 1. The van der Waals surface area contributed by atoms with Gasteiger partial charge in [-0.3, -0.25) is 4.79 Å². The highest BCUT2D eigenvalue weighted by molar-refractivity contribution is 5.87. The molecular weight excluding hydrogens is 352 g/mol. The van der Waals surface area contributed by atoms with E-state index < -0.39 is 0 Å². The molecule has 0 spiro atoms. The molecule has 1 N–H and O–H groups in total. The third-order valence-corrected chi connectivity index (χ3v) is 4.07. The molecule has 6 nitrogen and oxygen atoms in total. The summed E-state index contributed by atoms with van der Waals surface area (Å²) < 4.78 is 6.05. The van der Waals surface area contributed by atoms with Gasteiger partial charge in [-0.15, -0.1) is 0 Å². The quantitative estimate of drug-likeness (QED) is 0.508. The van der Waals surface area contributed by atoms with E-state index in [0.29, 0.717) is 34.3 Å². The Labute approximate surface area is 161 Å². The Morgan fingerprint density at radius 2 is 1.82 bits per heavy atom. The maximum atomic E-state index is 10.8. The van der Waals surface area contributed by atoms with Crippen LogP contribution in [-0.4, -0.2) is 16.3 Å². The van der Waals surface area contributed by atoms with Gasteiger partial charge in [-0.1, -0.05) is 12.1 Å². The van der Waals surface area contributed by atoms with Crippen LogP contribution in [0, 0.1) is 11.3 Å². The van der Waals surface area contributed by atoms with Crippen LogP contribution in [0.5, 0.6) is 11.5 Å². The van der Waals surface area contributed by atoms with Gasteiger partial charge in [0.25, 0.3) is 0 Å². The first-order valence-corrected chi connectivity index (χ1v) is 8.51. The standard InChI is InChI=1S/C22H14N4O2/c23-12-16-7-10-21(24-13-16)26-22-11-20(18-3-1-2-4-19(18)25-22)28-17-8-5-15(14-27)6-9-17/h1-11,13-14H,(H,24,25,26). The van der Waals surface area contributed by atoms with Crippen molar-refractivity contribution in [2.45, 2.75) is 0 Å². The van der Waals surface area contributed by atoms with Crippen molar-refractivity contribution in [1.29, 1.82) is 5.26 Å².